The number of nitrogens with zero attached hydrogens (tertiary/aromatic N) is 5. The van der Waals surface area contributed by atoms with E-state index in [0.717, 1.165) is 25.7 Å². The highest BCUT2D eigenvalue weighted by molar-refractivity contribution is 5.81. The Morgan fingerprint density at radius 2 is 2.11 bits per heavy atom. The quantitative estimate of drug-likeness (QED) is 0.457. The van der Waals surface area contributed by atoms with Gasteiger partial charge in [0, 0.05) is 5.92 Å². The van der Waals surface area contributed by atoms with Crippen LogP contribution >= 0.6 is 0 Å². The van der Waals surface area contributed by atoms with E-state index in [9.17, 15) is 20.3 Å². The fourth-order valence-corrected chi connectivity index (χ4v) is 4.28. The second-order valence-electron chi connectivity index (χ2n) is 6.89. The summed E-state index contributed by atoms with van der Waals surface area (Å²) in [6, 6.07) is 0. The minimum Gasteiger partial charge on any atom is -0.387 e. The van der Waals surface area contributed by atoms with Gasteiger partial charge in [0.15, 0.2) is 17.2 Å². The number of fused-ring (bicyclic) bond motifs is 1. The van der Waals surface area contributed by atoms with Crippen molar-refractivity contribution < 1.29 is 24.9 Å². The molecule has 3 heterocycles. The predicted octanol–water partition coefficient (Wildman–Crippen LogP) is -0.420. The fourth-order valence-electron chi connectivity index (χ4n) is 4.28. The normalized spacial score (nSPS) is 31.6. The average Bonchev–Trinajstić information content (AvgIpc) is 3.35. The Balaban J connectivity index is 1.81. The van der Waals surface area contributed by atoms with E-state index in [1.165, 1.54) is 12.7 Å². The first kappa shape index (κ1) is 17.8. The van der Waals surface area contributed by atoms with Gasteiger partial charge in [-0.3, -0.25) is 4.57 Å². The van der Waals surface area contributed by atoms with Gasteiger partial charge >= 0.3 is 0 Å². The summed E-state index contributed by atoms with van der Waals surface area (Å²) < 4.78 is 7.66. The largest absolute Gasteiger partial charge is 0.387 e. The third kappa shape index (κ3) is 2.67. The average molecular weight is 380 g/mol. The molecule has 12 heteroatoms. The van der Waals surface area contributed by atoms with Crippen LogP contribution in [0.3, 0.4) is 0 Å². The van der Waals surface area contributed by atoms with Crippen molar-refractivity contribution >= 4 is 17.0 Å². The first-order valence-corrected chi connectivity index (χ1v) is 8.70. The number of nitrogens with two attached hydrogens (primary N) is 1. The van der Waals surface area contributed by atoms with Crippen LogP contribution in [-0.4, -0.2) is 59.7 Å². The SMILES string of the molecule is Nc1ncnc2c1ncn2[C@]1(C2CCCC2)O[C@H](CO[N+](=O)[O-])[C@@H](O)[C@H]1O. The molecule has 4 rings (SSSR count). The Kier molecular flexibility index (Phi) is 4.32. The molecule has 4 N–H and O–H groups in total. The van der Waals surface area contributed by atoms with Gasteiger partial charge in [-0.1, -0.05) is 12.8 Å². The highest BCUT2D eigenvalue weighted by Gasteiger charge is 2.60. The van der Waals surface area contributed by atoms with E-state index < -0.39 is 35.7 Å². The molecule has 2 fully saturated rings. The zero-order valence-electron chi connectivity index (χ0n) is 14.3. The van der Waals surface area contributed by atoms with Crippen LogP contribution in [0.5, 0.6) is 0 Å². The first-order chi connectivity index (χ1) is 12.9. The van der Waals surface area contributed by atoms with Crippen molar-refractivity contribution in [3.63, 3.8) is 0 Å². The summed E-state index contributed by atoms with van der Waals surface area (Å²) in [6.07, 6.45) is 2.32. The second-order valence-corrected chi connectivity index (χ2v) is 6.89. The molecule has 4 atom stereocenters. The van der Waals surface area contributed by atoms with Crippen molar-refractivity contribution in [2.24, 2.45) is 5.92 Å². The van der Waals surface area contributed by atoms with Crippen molar-refractivity contribution in [3.8, 4) is 0 Å². The number of nitrogen functional groups attached to an aromatic ring is 1. The number of aliphatic hydroxyl groups is 2. The number of anilines is 1. The molecular formula is C15H20N6O6. The van der Waals surface area contributed by atoms with Crippen molar-refractivity contribution in [3.05, 3.63) is 22.8 Å². The number of hydrogen-bond acceptors (Lipinski definition) is 10. The van der Waals surface area contributed by atoms with Gasteiger partial charge in [0.2, 0.25) is 0 Å². The van der Waals surface area contributed by atoms with Crippen LogP contribution in [0.15, 0.2) is 12.7 Å². The monoisotopic (exact) mass is 380 g/mol. The summed E-state index contributed by atoms with van der Waals surface area (Å²) >= 11 is 0. The summed E-state index contributed by atoms with van der Waals surface area (Å²) in [6.45, 7) is -0.497. The lowest BCUT2D eigenvalue weighted by atomic mass is 9.87. The van der Waals surface area contributed by atoms with Crippen LogP contribution in [0.1, 0.15) is 25.7 Å². The van der Waals surface area contributed by atoms with E-state index in [4.69, 9.17) is 10.5 Å². The maximum atomic E-state index is 11.0. The molecule has 0 radical (unpaired) electrons. The standard InChI is InChI=1S/C15H20N6O6/c16-13-10-14(18-6-17-13)20(7-19-10)15(8-3-1-2-4-8)12(23)11(22)9(27-15)5-26-21(24)25/h6-9,11-12,22-23H,1-5H2,(H2,16,17,18)/t9-,11-,12-,15-/m1/s1. The lowest BCUT2D eigenvalue weighted by Crippen LogP contribution is -2.50. The van der Waals surface area contributed by atoms with Gasteiger partial charge in [-0.2, -0.15) is 0 Å². The minimum absolute atomic E-state index is 0.142. The number of ether oxygens (including phenoxy) is 1. The summed E-state index contributed by atoms with van der Waals surface area (Å²) in [5, 5.41) is 31.1. The summed E-state index contributed by atoms with van der Waals surface area (Å²) in [4.78, 5) is 27.3. The highest BCUT2D eigenvalue weighted by atomic mass is 17.0. The lowest BCUT2D eigenvalue weighted by molar-refractivity contribution is -0.759. The van der Waals surface area contributed by atoms with Crippen LogP contribution in [0, 0.1) is 16.0 Å². The molecule has 27 heavy (non-hydrogen) atoms. The molecule has 1 aliphatic carbocycles. The van der Waals surface area contributed by atoms with E-state index >= 15 is 0 Å². The summed E-state index contributed by atoms with van der Waals surface area (Å²) in [7, 11) is 0. The molecule has 1 aliphatic heterocycles. The summed E-state index contributed by atoms with van der Waals surface area (Å²) in [5.74, 6) is 0.0398. The van der Waals surface area contributed by atoms with Crippen LogP contribution in [0.4, 0.5) is 5.82 Å². The molecule has 0 aromatic carbocycles. The molecule has 0 unspecified atom stereocenters. The highest BCUT2D eigenvalue weighted by Crippen LogP contribution is 2.49. The molecule has 12 nitrogen and oxygen atoms in total. The first-order valence-electron chi connectivity index (χ1n) is 8.70. The van der Waals surface area contributed by atoms with Crippen molar-refractivity contribution in [2.45, 2.75) is 49.7 Å². The van der Waals surface area contributed by atoms with E-state index in [-0.39, 0.29) is 11.7 Å². The molecule has 2 aromatic heterocycles. The van der Waals surface area contributed by atoms with Gasteiger partial charge in [-0.25, -0.2) is 15.0 Å². The van der Waals surface area contributed by atoms with E-state index in [0.29, 0.717) is 11.2 Å². The molecule has 2 aliphatic rings. The molecule has 1 saturated heterocycles. The molecule has 0 bridgehead atoms. The Hall–Kier alpha value is -2.57. The molecule has 0 amide bonds. The van der Waals surface area contributed by atoms with Crippen LogP contribution < -0.4 is 5.73 Å². The number of hydrogen-bond donors (Lipinski definition) is 3. The molecule has 1 saturated carbocycles. The number of imidazole rings is 1. The van der Waals surface area contributed by atoms with E-state index in [1.807, 2.05) is 0 Å². The lowest BCUT2D eigenvalue weighted by Gasteiger charge is -2.39. The van der Waals surface area contributed by atoms with Gasteiger partial charge in [0.25, 0.3) is 5.09 Å². The van der Waals surface area contributed by atoms with Crippen molar-refractivity contribution in [1.29, 1.82) is 0 Å². The maximum absolute atomic E-state index is 11.0. The second kappa shape index (κ2) is 6.55. The van der Waals surface area contributed by atoms with Gasteiger partial charge < -0.3 is 25.5 Å². The van der Waals surface area contributed by atoms with Crippen molar-refractivity contribution in [2.75, 3.05) is 12.3 Å². The Bertz CT molecular complexity index is 854. The zero-order valence-corrected chi connectivity index (χ0v) is 14.3. The van der Waals surface area contributed by atoms with Gasteiger partial charge in [-0.15, -0.1) is 10.1 Å². The third-order valence-electron chi connectivity index (χ3n) is 5.49. The Labute approximate surface area is 153 Å². The van der Waals surface area contributed by atoms with Crippen molar-refractivity contribution in [1.82, 2.24) is 19.5 Å². The number of rotatable bonds is 5. The zero-order chi connectivity index (χ0) is 19.2. The van der Waals surface area contributed by atoms with E-state index in [1.54, 1.807) is 4.57 Å². The molecular weight excluding hydrogens is 360 g/mol. The van der Waals surface area contributed by atoms with Gasteiger partial charge in [0.1, 0.15) is 36.8 Å². The van der Waals surface area contributed by atoms with Crippen LogP contribution in [-0.2, 0) is 15.3 Å². The minimum atomic E-state index is -1.38. The van der Waals surface area contributed by atoms with E-state index in [2.05, 4.69) is 19.8 Å². The summed E-state index contributed by atoms with van der Waals surface area (Å²) in [5.41, 5.74) is 5.19. The predicted molar refractivity (Wildman–Crippen MR) is 89.5 cm³/mol. The maximum Gasteiger partial charge on any atom is 0.294 e. The van der Waals surface area contributed by atoms with Crippen LogP contribution in [0.2, 0.25) is 0 Å². The number of aliphatic hydroxyl groups excluding tert-OH is 2. The molecule has 0 spiro atoms. The molecule has 146 valence electrons. The molecule has 2 aromatic rings. The number of aromatic nitrogens is 4. The fraction of sp³-hybridized carbons (Fsp3) is 0.667. The van der Waals surface area contributed by atoms with Crippen LogP contribution in [0.25, 0.3) is 11.2 Å². The van der Waals surface area contributed by atoms with Gasteiger partial charge in [-0.05, 0) is 12.8 Å². The smallest absolute Gasteiger partial charge is 0.294 e. The Morgan fingerprint density at radius 3 is 2.81 bits per heavy atom. The Morgan fingerprint density at radius 1 is 1.37 bits per heavy atom. The van der Waals surface area contributed by atoms with Gasteiger partial charge in [0.05, 0.1) is 6.33 Å². The topological polar surface area (TPSA) is 172 Å². The third-order valence-corrected chi connectivity index (χ3v) is 5.49.